The van der Waals surface area contributed by atoms with Gasteiger partial charge in [-0.2, -0.15) is 4.31 Å². The largest absolute Gasteiger partial charge is 0.294 e. The first kappa shape index (κ1) is 14.1. The lowest BCUT2D eigenvalue weighted by atomic mass is 10.2. The Morgan fingerprint density at radius 1 is 1.41 bits per heavy atom. The predicted molar refractivity (Wildman–Crippen MR) is 62.6 cm³/mol. The molecule has 6 nitrogen and oxygen atoms in total. The van der Waals surface area contributed by atoms with Crippen molar-refractivity contribution in [2.24, 2.45) is 5.92 Å². The Bertz CT molecular complexity index is 416. The summed E-state index contributed by atoms with van der Waals surface area (Å²) in [5.41, 5.74) is 0. The number of nitrogens with zero attached hydrogens (tertiary/aromatic N) is 1. The number of carbonyl (C=O) groups excluding carboxylic acids is 2. The number of imide groups is 1. The maximum atomic E-state index is 12.0. The third-order valence-electron chi connectivity index (χ3n) is 2.68. The summed E-state index contributed by atoms with van der Waals surface area (Å²) >= 11 is 0. The maximum Gasteiger partial charge on any atom is 0.244 e. The molecule has 1 N–H and O–H groups in total. The fourth-order valence-electron chi connectivity index (χ4n) is 1.53. The van der Waals surface area contributed by atoms with Gasteiger partial charge < -0.3 is 0 Å². The van der Waals surface area contributed by atoms with Crippen molar-refractivity contribution < 1.29 is 18.0 Å². The highest BCUT2D eigenvalue weighted by Gasteiger charge is 2.37. The predicted octanol–water partition coefficient (Wildman–Crippen LogP) is -0.291. The molecule has 0 aliphatic carbocycles. The third-order valence-corrected chi connectivity index (χ3v) is 4.60. The van der Waals surface area contributed by atoms with Crippen LogP contribution in [0.4, 0.5) is 0 Å². The second-order valence-corrected chi connectivity index (χ2v) is 6.67. The van der Waals surface area contributed by atoms with Crippen molar-refractivity contribution in [2.75, 3.05) is 12.3 Å². The highest BCUT2D eigenvalue weighted by molar-refractivity contribution is 7.89. The lowest BCUT2D eigenvalue weighted by Crippen LogP contribution is -2.58. The van der Waals surface area contributed by atoms with Crippen molar-refractivity contribution in [3.63, 3.8) is 0 Å². The summed E-state index contributed by atoms with van der Waals surface area (Å²) in [7, 11) is -3.54. The van der Waals surface area contributed by atoms with Crippen molar-refractivity contribution in [3.8, 4) is 0 Å². The van der Waals surface area contributed by atoms with E-state index in [9.17, 15) is 18.0 Å². The second kappa shape index (κ2) is 5.14. The molecule has 1 saturated heterocycles. The summed E-state index contributed by atoms with van der Waals surface area (Å²) in [6.45, 7) is 5.06. The van der Waals surface area contributed by atoms with E-state index >= 15 is 0 Å². The van der Waals surface area contributed by atoms with E-state index < -0.39 is 27.9 Å². The number of amides is 2. The molecule has 2 amide bonds. The number of carbonyl (C=O) groups is 2. The van der Waals surface area contributed by atoms with Crippen LogP contribution in [0.5, 0.6) is 0 Å². The molecule has 0 saturated carbocycles. The number of piperazine rings is 1. The van der Waals surface area contributed by atoms with Gasteiger partial charge in [0.25, 0.3) is 0 Å². The van der Waals surface area contributed by atoms with Crippen molar-refractivity contribution in [1.82, 2.24) is 9.62 Å². The van der Waals surface area contributed by atoms with Crippen LogP contribution in [0.15, 0.2) is 0 Å². The molecular formula is C10H18N2O4S. The minimum atomic E-state index is -3.54. The normalized spacial score (nSPS) is 22.9. The van der Waals surface area contributed by atoms with Crippen LogP contribution in [0.25, 0.3) is 0 Å². The van der Waals surface area contributed by atoms with Gasteiger partial charge in [0.15, 0.2) is 0 Å². The first-order valence-corrected chi connectivity index (χ1v) is 7.18. The average molecular weight is 262 g/mol. The Labute approximate surface area is 101 Å². The molecule has 0 spiro atoms. The highest BCUT2D eigenvalue weighted by atomic mass is 32.2. The summed E-state index contributed by atoms with van der Waals surface area (Å²) in [5, 5.41) is 2.11. The Kier molecular flexibility index (Phi) is 4.26. The quantitative estimate of drug-likeness (QED) is 0.706. The molecule has 1 aliphatic rings. The maximum absolute atomic E-state index is 12.0. The zero-order valence-electron chi connectivity index (χ0n) is 10.3. The first-order valence-electron chi connectivity index (χ1n) is 5.57. The van der Waals surface area contributed by atoms with Crippen LogP contribution in [0, 0.1) is 5.92 Å². The van der Waals surface area contributed by atoms with Crippen LogP contribution in [0.1, 0.15) is 27.2 Å². The summed E-state index contributed by atoms with van der Waals surface area (Å²) < 4.78 is 25.0. The lowest BCUT2D eigenvalue weighted by Gasteiger charge is -2.30. The number of hydrogen-bond acceptors (Lipinski definition) is 4. The summed E-state index contributed by atoms with van der Waals surface area (Å²) in [6.07, 6.45) is 0.515. The van der Waals surface area contributed by atoms with Gasteiger partial charge >= 0.3 is 0 Å². The molecule has 1 fully saturated rings. The van der Waals surface area contributed by atoms with Gasteiger partial charge in [0.2, 0.25) is 21.8 Å². The fraction of sp³-hybridized carbons (Fsp3) is 0.800. The topological polar surface area (TPSA) is 83.6 Å². The van der Waals surface area contributed by atoms with Gasteiger partial charge in [0, 0.05) is 0 Å². The number of rotatable bonds is 4. The van der Waals surface area contributed by atoms with Crippen molar-refractivity contribution in [3.05, 3.63) is 0 Å². The van der Waals surface area contributed by atoms with E-state index in [0.29, 0.717) is 6.42 Å². The van der Waals surface area contributed by atoms with Crippen LogP contribution >= 0.6 is 0 Å². The van der Waals surface area contributed by atoms with Gasteiger partial charge in [0.05, 0.1) is 12.3 Å². The molecule has 1 heterocycles. The lowest BCUT2D eigenvalue weighted by molar-refractivity contribution is -0.136. The van der Waals surface area contributed by atoms with Crippen LogP contribution in [0.3, 0.4) is 0 Å². The van der Waals surface area contributed by atoms with E-state index in [-0.39, 0.29) is 18.2 Å². The highest BCUT2D eigenvalue weighted by Crippen LogP contribution is 2.14. The Morgan fingerprint density at radius 2 is 2.00 bits per heavy atom. The van der Waals surface area contributed by atoms with Gasteiger partial charge in [0.1, 0.15) is 6.04 Å². The smallest absolute Gasteiger partial charge is 0.244 e. The fourth-order valence-corrected chi connectivity index (χ4v) is 3.43. The standard InChI is InChI=1S/C10H18N2O4S/c1-7(2)4-5-17(15,16)12-6-9(13)11-10(14)8(12)3/h7-8H,4-6H2,1-3H3,(H,11,13,14). The van der Waals surface area contributed by atoms with Crippen molar-refractivity contribution >= 4 is 21.8 Å². The van der Waals surface area contributed by atoms with E-state index in [1.807, 2.05) is 13.8 Å². The molecule has 1 aliphatic heterocycles. The molecule has 98 valence electrons. The Balaban J connectivity index is 2.82. The monoisotopic (exact) mass is 262 g/mol. The van der Waals surface area contributed by atoms with Crippen LogP contribution < -0.4 is 5.32 Å². The first-order chi connectivity index (χ1) is 7.74. The van der Waals surface area contributed by atoms with E-state index in [4.69, 9.17) is 0 Å². The molecule has 0 aromatic carbocycles. The van der Waals surface area contributed by atoms with Gasteiger partial charge in [-0.15, -0.1) is 0 Å². The second-order valence-electron chi connectivity index (χ2n) is 4.63. The van der Waals surface area contributed by atoms with Gasteiger partial charge in [-0.3, -0.25) is 14.9 Å². The minimum absolute atomic E-state index is 0.0322. The summed E-state index contributed by atoms with van der Waals surface area (Å²) in [5.74, 6) is -0.903. The molecule has 1 atom stereocenters. The van der Waals surface area contributed by atoms with Gasteiger partial charge in [-0.1, -0.05) is 13.8 Å². The number of sulfonamides is 1. The van der Waals surface area contributed by atoms with Crippen LogP contribution in [-0.2, 0) is 19.6 Å². The summed E-state index contributed by atoms with van der Waals surface area (Å²) in [4.78, 5) is 22.5. The zero-order valence-corrected chi connectivity index (χ0v) is 11.1. The molecule has 17 heavy (non-hydrogen) atoms. The summed E-state index contributed by atoms with van der Waals surface area (Å²) in [6, 6.07) is -0.815. The Hall–Kier alpha value is -0.950. The van der Waals surface area contributed by atoms with Crippen molar-refractivity contribution in [2.45, 2.75) is 33.2 Å². The molecule has 0 aromatic heterocycles. The molecule has 1 rings (SSSR count). The van der Waals surface area contributed by atoms with Crippen LogP contribution in [-0.4, -0.2) is 42.9 Å². The SMILES string of the molecule is CC(C)CCS(=O)(=O)N1CC(=O)NC(=O)C1C. The van der Waals surface area contributed by atoms with Crippen molar-refractivity contribution in [1.29, 1.82) is 0 Å². The van der Waals surface area contributed by atoms with E-state index in [1.54, 1.807) is 0 Å². The molecule has 0 bridgehead atoms. The van der Waals surface area contributed by atoms with E-state index in [2.05, 4.69) is 5.32 Å². The Morgan fingerprint density at radius 3 is 2.53 bits per heavy atom. The molecule has 1 unspecified atom stereocenters. The number of hydrogen-bond donors (Lipinski definition) is 1. The van der Waals surface area contributed by atoms with E-state index in [0.717, 1.165) is 4.31 Å². The molecule has 0 radical (unpaired) electrons. The molecule has 7 heteroatoms. The molecular weight excluding hydrogens is 244 g/mol. The zero-order chi connectivity index (χ0) is 13.2. The van der Waals surface area contributed by atoms with Gasteiger partial charge in [-0.25, -0.2) is 8.42 Å². The molecule has 0 aromatic rings. The van der Waals surface area contributed by atoms with E-state index in [1.165, 1.54) is 6.92 Å². The average Bonchev–Trinajstić information content (AvgIpc) is 2.20. The third kappa shape index (κ3) is 3.50. The minimum Gasteiger partial charge on any atom is -0.294 e. The van der Waals surface area contributed by atoms with Gasteiger partial charge in [-0.05, 0) is 19.3 Å². The van der Waals surface area contributed by atoms with Crippen LogP contribution in [0.2, 0.25) is 0 Å². The number of nitrogens with one attached hydrogen (secondary N) is 1.